The van der Waals surface area contributed by atoms with E-state index in [1.807, 2.05) is 60.7 Å². The molecule has 9 aromatic carbocycles. The Morgan fingerprint density at radius 1 is 0.339 bits per heavy atom. The van der Waals surface area contributed by atoms with Gasteiger partial charge in [-0.05, 0) is 123 Å². The number of hydrogen-bond donors (Lipinski definition) is 1. The maximum absolute atomic E-state index is 3.30. The van der Waals surface area contributed by atoms with Crippen molar-refractivity contribution in [1.29, 1.82) is 0 Å². The smallest absolute Gasteiger partial charge is 0.0462 e. The van der Waals surface area contributed by atoms with Crippen LogP contribution < -0.4 is 10.2 Å². The lowest BCUT2D eigenvalue weighted by atomic mass is 9.92. The van der Waals surface area contributed by atoms with Gasteiger partial charge in [-0.15, -0.1) is 0 Å². The maximum Gasteiger partial charge on any atom is 0.0462 e. The lowest BCUT2D eigenvalue weighted by Gasteiger charge is -2.25. The van der Waals surface area contributed by atoms with Gasteiger partial charge in [-0.25, -0.2) is 0 Å². The van der Waals surface area contributed by atoms with Gasteiger partial charge in [0.2, 0.25) is 0 Å². The van der Waals surface area contributed by atoms with E-state index in [1.165, 1.54) is 38.6 Å². The third-order valence-electron chi connectivity index (χ3n) is 9.67. The van der Waals surface area contributed by atoms with Crippen molar-refractivity contribution in [3.8, 4) is 11.1 Å². The molecule has 0 heterocycles. The zero-order valence-corrected chi connectivity index (χ0v) is 31.1. The summed E-state index contributed by atoms with van der Waals surface area (Å²) in [5, 5.41) is 5.79. The average Bonchev–Trinajstić information content (AvgIpc) is 3.28. The Balaban J connectivity index is 0.000000287. The van der Waals surface area contributed by atoms with Crippen LogP contribution in [0.2, 0.25) is 0 Å². The lowest BCUT2D eigenvalue weighted by molar-refractivity contribution is 1.28. The van der Waals surface area contributed by atoms with Crippen LogP contribution in [0.25, 0.3) is 33.5 Å². The topological polar surface area (TPSA) is 15.3 Å². The highest BCUT2D eigenvalue weighted by Crippen LogP contribution is 2.36. The fourth-order valence-corrected chi connectivity index (χ4v) is 6.88. The van der Waals surface area contributed by atoms with Crippen LogP contribution in [0.5, 0.6) is 0 Å². The quantitative estimate of drug-likeness (QED) is 0.150. The fraction of sp³-hybridized carbons (Fsp3) is 0. The van der Waals surface area contributed by atoms with Crippen molar-refractivity contribution in [1.82, 2.24) is 0 Å². The Morgan fingerprint density at radius 3 is 1.39 bits per heavy atom. The van der Waals surface area contributed by atoms with Gasteiger partial charge in [0, 0.05) is 28.4 Å². The van der Waals surface area contributed by atoms with E-state index in [9.17, 15) is 0 Å². The van der Waals surface area contributed by atoms with Crippen LogP contribution in [0.4, 0.5) is 28.4 Å². The molecule has 0 bridgehead atoms. The highest BCUT2D eigenvalue weighted by molar-refractivity contribution is 5.96. The van der Waals surface area contributed by atoms with E-state index in [2.05, 4.69) is 198 Å². The Bertz CT molecular complexity index is 2540. The summed E-state index contributed by atoms with van der Waals surface area (Å²) in [6.07, 6.45) is 2.31. The molecule has 0 aliphatic rings. The highest BCUT2D eigenvalue weighted by atomic mass is 15.1. The standard InChI is InChI=1S/C42H31N.C12H11N/c1-4-13-33(14-5-1)36-17-12-18-37(30-36)42(38-26-25-34-15-10-11-16-35(34)31-38)29-32-23-27-41(28-24-32)43(39-19-6-2-7-20-39)40-21-8-3-9-22-40;1-3-7-11(8-4-1)13-12-9-5-2-6-10-12/h1-31H;1-10,13H/b42-29+;. The van der Waals surface area contributed by atoms with Gasteiger partial charge in [-0.1, -0.05) is 170 Å². The number of rotatable bonds is 9. The molecule has 9 rings (SSSR count). The number of hydrogen-bond acceptors (Lipinski definition) is 2. The van der Waals surface area contributed by atoms with Crippen LogP contribution in [0, 0.1) is 0 Å². The van der Waals surface area contributed by atoms with E-state index in [1.54, 1.807) is 0 Å². The number of fused-ring (bicyclic) bond motifs is 1. The number of nitrogens with zero attached hydrogens (tertiary/aromatic N) is 1. The molecule has 0 aliphatic heterocycles. The molecule has 268 valence electrons. The second kappa shape index (κ2) is 17.6. The normalized spacial score (nSPS) is 11.0. The van der Waals surface area contributed by atoms with E-state index in [0.29, 0.717) is 0 Å². The number of nitrogens with one attached hydrogen (secondary N) is 1. The highest BCUT2D eigenvalue weighted by Gasteiger charge is 2.13. The molecule has 0 unspecified atom stereocenters. The largest absolute Gasteiger partial charge is 0.356 e. The van der Waals surface area contributed by atoms with Crippen LogP contribution in [0.1, 0.15) is 16.7 Å². The maximum atomic E-state index is 3.30. The molecule has 0 radical (unpaired) electrons. The first kappa shape index (κ1) is 35.6. The molecule has 0 saturated heterocycles. The number of benzene rings is 9. The lowest BCUT2D eigenvalue weighted by Crippen LogP contribution is -2.09. The van der Waals surface area contributed by atoms with Crippen molar-refractivity contribution < 1.29 is 0 Å². The second-order valence-electron chi connectivity index (χ2n) is 13.5. The van der Waals surface area contributed by atoms with Crippen molar-refractivity contribution in [2.75, 3.05) is 10.2 Å². The van der Waals surface area contributed by atoms with E-state index >= 15 is 0 Å². The average molecular weight is 719 g/mol. The minimum absolute atomic E-state index is 1.12. The van der Waals surface area contributed by atoms with E-state index in [0.717, 1.165) is 34.0 Å². The molecule has 9 aromatic rings. The summed E-state index contributed by atoms with van der Waals surface area (Å²) in [5.41, 5.74) is 12.8. The van der Waals surface area contributed by atoms with Gasteiger partial charge in [-0.3, -0.25) is 0 Å². The van der Waals surface area contributed by atoms with Gasteiger partial charge >= 0.3 is 0 Å². The summed E-state index contributed by atoms with van der Waals surface area (Å²) in [5.74, 6) is 0. The fourth-order valence-electron chi connectivity index (χ4n) is 6.88. The van der Waals surface area contributed by atoms with Crippen LogP contribution in [-0.4, -0.2) is 0 Å². The minimum atomic E-state index is 1.12. The molecular formula is C54H42N2. The summed E-state index contributed by atoms with van der Waals surface area (Å²) >= 11 is 0. The Hall–Kier alpha value is -7.42. The molecule has 1 N–H and O–H groups in total. The summed E-state index contributed by atoms with van der Waals surface area (Å²) in [4.78, 5) is 2.29. The summed E-state index contributed by atoms with van der Waals surface area (Å²) in [6, 6.07) is 85.0. The molecule has 0 amide bonds. The number of para-hydroxylation sites is 4. The third kappa shape index (κ3) is 8.85. The monoisotopic (exact) mass is 718 g/mol. The van der Waals surface area contributed by atoms with Crippen molar-refractivity contribution in [3.05, 3.63) is 259 Å². The van der Waals surface area contributed by atoms with Gasteiger partial charge in [0.1, 0.15) is 0 Å². The predicted octanol–water partition coefficient (Wildman–Crippen LogP) is 15.0. The summed E-state index contributed by atoms with van der Waals surface area (Å²) < 4.78 is 0. The molecule has 2 nitrogen and oxygen atoms in total. The Kier molecular flexibility index (Phi) is 11.2. The van der Waals surface area contributed by atoms with Gasteiger partial charge < -0.3 is 10.2 Å². The van der Waals surface area contributed by atoms with Crippen LogP contribution in [0.15, 0.2) is 243 Å². The van der Waals surface area contributed by atoms with Gasteiger partial charge in [0.25, 0.3) is 0 Å². The van der Waals surface area contributed by atoms with Gasteiger partial charge in [0.05, 0.1) is 0 Å². The van der Waals surface area contributed by atoms with Crippen LogP contribution >= 0.6 is 0 Å². The van der Waals surface area contributed by atoms with Crippen molar-refractivity contribution in [2.24, 2.45) is 0 Å². The van der Waals surface area contributed by atoms with Crippen LogP contribution in [0.3, 0.4) is 0 Å². The molecule has 0 aromatic heterocycles. The molecule has 0 aliphatic carbocycles. The van der Waals surface area contributed by atoms with Crippen LogP contribution in [-0.2, 0) is 0 Å². The van der Waals surface area contributed by atoms with Crippen molar-refractivity contribution >= 4 is 50.9 Å². The second-order valence-corrected chi connectivity index (χ2v) is 13.5. The molecule has 0 saturated carbocycles. The Labute approximate surface area is 330 Å². The first-order chi connectivity index (χ1) is 27.8. The van der Waals surface area contributed by atoms with Crippen molar-refractivity contribution in [2.45, 2.75) is 0 Å². The van der Waals surface area contributed by atoms with E-state index in [4.69, 9.17) is 0 Å². The first-order valence-electron chi connectivity index (χ1n) is 19.0. The van der Waals surface area contributed by atoms with Crippen molar-refractivity contribution in [3.63, 3.8) is 0 Å². The SMILES string of the molecule is C(=C(/c1cccc(-c2ccccc2)c1)c1ccc2ccccc2c1)/c1ccc(N(c2ccccc2)c2ccccc2)cc1.c1ccc(Nc2ccccc2)cc1. The molecule has 2 heteroatoms. The summed E-state index contributed by atoms with van der Waals surface area (Å²) in [7, 11) is 0. The zero-order valence-electron chi connectivity index (χ0n) is 31.1. The van der Waals surface area contributed by atoms with E-state index < -0.39 is 0 Å². The van der Waals surface area contributed by atoms with E-state index in [-0.39, 0.29) is 0 Å². The third-order valence-corrected chi connectivity index (χ3v) is 9.67. The molecular weight excluding hydrogens is 677 g/mol. The van der Waals surface area contributed by atoms with Gasteiger partial charge in [0.15, 0.2) is 0 Å². The first-order valence-corrected chi connectivity index (χ1v) is 19.0. The number of anilines is 5. The molecule has 0 spiro atoms. The predicted molar refractivity (Wildman–Crippen MR) is 240 cm³/mol. The zero-order chi connectivity index (χ0) is 37.8. The molecule has 56 heavy (non-hydrogen) atoms. The molecule has 0 fully saturated rings. The molecule has 0 atom stereocenters. The Morgan fingerprint density at radius 2 is 0.804 bits per heavy atom. The minimum Gasteiger partial charge on any atom is -0.356 e. The van der Waals surface area contributed by atoms with Gasteiger partial charge in [-0.2, -0.15) is 0 Å². The summed E-state index contributed by atoms with van der Waals surface area (Å²) in [6.45, 7) is 0.